The van der Waals surface area contributed by atoms with Crippen molar-refractivity contribution in [2.75, 3.05) is 46.4 Å². The quantitative estimate of drug-likeness (QED) is 0.103. The number of nitrogens with zero attached hydrogens (tertiary/aromatic N) is 8. The smallest absolute Gasteiger partial charge is 0.241 e. The van der Waals surface area contributed by atoms with Crippen LogP contribution in [0.1, 0.15) is 107 Å². The average molecular weight is 895 g/mol. The number of ether oxygens (including phenoxy) is 1. The molecule has 0 radical (unpaired) electrons. The molecule has 0 aliphatic carbocycles. The predicted octanol–water partition coefficient (Wildman–Crippen LogP) is 8.89. The van der Waals surface area contributed by atoms with E-state index in [1.165, 1.54) is 33.3 Å². The van der Waals surface area contributed by atoms with E-state index >= 15 is 0 Å². The van der Waals surface area contributed by atoms with E-state index in [-0.39, 0.29) is 30.8 Å². The Labute approximate surface area is 375 Å². The summed E-state index contributed by atoms with van der Waals surface area (Å²) in [5, 5.41) is 5.29. The number of aromatic amines is 2. The monoisotopic (exact) mass is 895 g/mol. The number of thiazole rings is 2. The van der Waals surface area contributed by atoms with Crippen molar-refractivity contribution in [3.05, 3.63) is 62.3 Å². The van der Waals surface area contributed by atoms with Crippen molar-refractivity contribution in [1.82, 2.24) is 59.1 Å². The highest BCUT2D eigenvalue weighted by Crippen LogP contribution is 2.31. The molecule has 18 heteroatoms. The van der Waals surface area contributed by atoms with Crippen molar-refractivity contribution in [2.45, 2.75) is 107 Å². The minimum atomic E-state index is -0.150. The van der Waals surface area contributed by atoms with E-state index in [0.717, 1.165) is 94.3 Å². The number of rotatable bonds is 9. The second-order valence-electron chi connectivity index (χ2n) is 13.9. The van der Waals surface area contributed by atoms with Crippen molar-refractivity contribution in [1.29, 1.82) is 0 Å². The lowest BCUT2D eigenvalue weighted by Crippen LogP contribution is -2.37. The zero-order valence-corrected chi connectivity index (χ0v) is 40.2. The molecule has 2 aliphatic rings. The van der Waals surface area contributed by atoms with Crippen LogP contribution >= 0.6 is 22.7 Å². The van der Waals surface area contributed by atoms with Crippen LogP contribution in [0.4, 0.5) is 0 Å². The lowest BCUT2D eigenvalue weighted by Gasteiger charge is -2.16. The van der Waals surface area contributed by atoms with Gasteiger partial charge in [-0.25, -0.2) is 19.9 Å². The molecule has 3 amide bonds. The Morgan fingerprint density at radius 1 is 0.677 bits per heavy atom. The van der Waals surface area contributed by atoms with Gasteiger partial charge < -0.3 is 35.1 Å². The first-order chi connectivity index (χ1) is 30.0. The summed E-state index contributed by atoms with van der Waals surface area (Å²) in [4.78, 5) is 64.7. The maximum absolute atomic E-state index is 11.4. The molecule has 8 heterocycles. The normalized spacial score (nSPS) is 12.4. The summed E-state index contributed by atoms with van der Waals surface area (Å²) >= 11 is 3.24. The molecule has 62 heavy (non-hydrogen) atoms. The van der Waals surface area contributed by atoms with Crippen LogP contribution in [0.2, 0.25) is 0 Å². The maximum Gasteiger partial charge on any atom is 0.241 e. The van der Waals surface area contributed by atoms with Crippen LogP contribution in [0.5, 0.6) is 0 Å². The Kier molecular flexibility index (Phi) is 25.2. The molecule has 0 saturated carbocycles. The number of amides is 3. The molecular formula is C44H70N12O4S2. The van der Waals surface area contributed by atoms with E-state index in [0.29, 0.717) is 5.88 Å². The van der Waals surface area contributed by atoms with Gasteiger partial charge in [-0.1, -0.05) is 97.3 Å². The maximum atomic E-state index is 11.4. The second-order valence-corrected chi connectivity index (χ2v) is 16.0. The van der Waals surface area contributed by atoms with Gasteiger partial charge in [-0.05, 0) is 32.3 Å². The summed E-state index contributed by atoms with van der Waals surface area (Å²) in [6.07, 6.45) is 23.3. The molecule has 2 saturated heterocycles. The molecular weight excluding hydrogens is 825 g/mol. The minimum Gasteiger partial charge on any atom is -0.483 e. The Hall–Kier alpha value is -5.49. The average Bonchev–Trinajstić information content (AvgIpc) is 4.11. The molecule has 6 aromatic rings. The third-order valence-electron chi connectivity index (χ3n) is 8.19. The largest absolute Gasteiger partial charge is 0.483 e. The van der Waals surface area contributed by atoms with Crippen molar-refractivity contribution >= 4 is 50.3 Å². The third-order valence-corrected chi connectivity index (χ3v) is 10.3. The fourth-order valence-corrected chi connectivity index (χ4v) is 7.35. The number of hydrogen-bond acceptors (Lipinski definition) is 11. The zero-order chi connectivity index (χ0) is 45.9. The van der Waals surface area contributed by atoms with Gasteiger partial charge in [0.2, 0.25) is 17.7 Å². The van der Waals surface area contributed by atoms with Gasteiger partial charge in [0.25, 0.3) is 0 Å². The summed E-state index contributed by atoms with van der Waals surface area (Å²) < 4.78 is 8.84. The molecule has 16 nitrogen and oxygen atoms in total. The van der Waals surface area contributed by atoms with Gasteiger partial charge >= 0.3 is 0 Å². The Morgan fingerprint density at radius 2 is 1.05 bits per heavy atom. The van der Waals surface area contributed by atoms with Gasteiger partial charge in [0.15, 0.2) is 15.8 Å². The molecule has 2 aliphatic heterocycles. The van der Waals surface area contributed by atoms with Crippen LogP contribution in [-0.2, 0) is 19.1 Å². The van der Waals surface area contributed by atoms with Gasteiger partial charge in [-0.3, -0.25) is 23.2 Å². The van der Waals surface area contributed by atoms with Gasteiger partial charge in [0.1, 0.15) is 11.4 Å². The van der Waals surface area contributed by atoms with E-state index in [9.17, 15) is 14.4 Å². The molecule has 0 bridgehead atoms. The topological polar surface area (TPSA) is 183 Å². The van der Waals surface area contributed by atoms with Crippen molar-refractivity contribution in [3.8, 4) is 32.5 Å². The van der Waals surface area contributed by atoms with Crippen LogP contribution < -0.4 is 10.6 Å². The van der Waals surface area contributed by atoms with E-state index < -0.39 is 0 Å². The summed E-state index contributed by atoms with van der Waals surface area (Å²) in [5.74, 6) is 0.438. The predicted molar refractivity (Wildman–Crippen MR) is 254 cm³/mol. The number of carbonyl (C=O) groups excluding carboxylic acids is 3. The van der Waals surface area contributed by atoms with Gasteiger partial charge in [-0.2, -0.15) is 0 Å². The molecule has 0 aromatic carbocycles. The zero-order valence-electron chi connectivity index (χ0n) is 38.5. The Morgan fingerprint density at radius 3 is 1.35 bits per heavy atom. The third kappa shape index (κ3) is 17.5. The van der Waals surface area contributed by atoms with E-state index in [4.69, 9.17) is 14.7 Å². The van der Waals surface area contributed by atoms with E-state index in [1.54, 1.807) is 40.2 Å². The fourth-order valence-electron chi connectivity index (χ4n) is 5.47. The number of fused-ring (bicyclic) bond motifs is 2. The number of hydrogen-bond donors (Lipinski definition) is 4. The lowest BCUT2D eigenvalue weighted by atomic mass is 10.4. The number of methoxy groups -OCH3 is 1. The van der Waals surface area contributed by atoms with Gasteiger partial charge in [-0.15, -0.1) is 0 Å². The highest BCUT2D eigenvalue weighted by atomic mass is 32.1. The molecule has 0 spiro atoms. The minimum absolute atomic E-state index is 0.0303. The van der Waals surface area contributed by atoms with Crippen LogP contribution in [0.25, 0.3) is 42.5 Å². The number of aromatic nitrogens is 8. The number of carbonyl (C=O) groups is 3. The number of nitrogens with one attached hydrogen (secondary N) is 4. The van der Waals surface area contributed by atoms with Crippen molar-refractivity contribution < 1.29 is 19.1 Å². The standard InChI is InChI=1S/C16H10N8S2.C9H16N2O2.C8H14N2O2.3C3H8.C2H6/c1-9(19-7-17-1)13-5-23-3-11(21-15(23)25-13)12-4-24-6-14(26-16(24)22-12)10-2-18-8-20-10;1-8(13-2)10-7-9(12)11-5-3-4-6-11;1-7(11)9-6-8(12)10-4-2-3-5-10;3*1-3-2;1-2/h1-8H,(H,17,19)(H,18,20);10H,1,3-7H2,2H3;2-6H2,1H3,(H,9,11);3*3H2,1-2H3;1-2H3. The van der Waals surface area contributed by atoms with Gasteiger partial charge in [0.05, 0.1) is 66.4 Å². The molecule has 2 fully saturated rings. The number of likely N-dealkylation sites (tertiary alicyclic amines) is 2. The van der Waals surface area contributed by atoms with Crippen LogP contribution in [-0.4, -0.2) is 113 Å². The van der Waals surface area contributed by atoms with Crippen LogP contribution in [0.15, 0.2) is 62.3 Å². The SMILES string of the molecule is C=C(NCC(=O)N1CCCC1)OC.CC.CC(=O)NCC(=O)N1CCCC1.CCC.CCC.CCC.c1ncc(-c2cn3cc(-c4cn5cc(-c6cnc[nH]6)sc5n4)nc3s2)[nH]1. The number of imidazole rings is 4. The van der Waals surface area contributed by atoms with Crippen molar-refractivity contribution in [2.24, 2.45) is 0 Å². The number of H-pyrrole nitrogens is 2. The molecule has 6 aromatic heterocycles. The lowest BCUT2D eigenvalue weighted by molar-refractivity contribution is -0.131. The highest BCUT2D eigenvalue weighted by molar-refractivity contribution is 7.20. The van der Waals surface area contributed by atoms with E-state index in [2.05, 4.69) is 91.1 Å². The summed E-state index contributed by atoms with van der Waals surface area (Å²) in [6.45, 7) is 25.6. The molecule has 8 rings (SSSR count). The Balaban J connectivity index is 0.000000312. The first kappa shape index (κ1) is 52.6. The molecule has 342 valence electrons. The summed E-state index contributed by atoms with van der Waals surface area (Å²) in [6, 6.07) is 0. The molecule has 0 unspecified atom stereocenters. The highest BCUT2D eigenvalue weighted by Gasteiger charge is 2.19. The summed E-state index contributed by atoms with van der Waals surface area (Å²) in [5.41, 5.74) is 3.73. The molecule has 0 atom stereocenters. The second kappa shape index (κ2) is 29.7. The Bertz CT molecular complexity index is 1950. The first-order valence-electron chi connectivity index (χ1n) is 21.7. The fraction of sp³-hybridized carbons (Fsp3) is 0.523. The summed E-state index contributed by atoms with van der Waals surface area (Å²) in [7, 11) is 1.52. The van der Waals surface area contributed by atoms with Crippen LogP contribution in [0, 0.1) is 0 Å². The van der Waals surface area contributed by atoms with Crippen molar-refractivity contribution in [3.63, 3.8) is 0 Å². The van der Waals surface area contributed by atoms with E-state index in [1.807, 2.05) is 52.3 Å². The first-order valence-corrected chi connectivity index (χ1v) is 23.4. The van der Waals surface area contributed by atoms with Gasteiger partial charge in [0, 0.05) is 57.9 Å². The molecule has 4 N–H and O–H groups in total. The van der Waals surface area contributed by atoms with Crippen LogP contribution in [0.3, 0.4) is 0 Å².